The van der Waals surface area contributed by atoms with Crippen LogP contribution in [0.25, 0.3) is 0 Å². The predicted octanol–water partition coefficient (Wildman–Crippen LogP) is 5.61. The van der Waals surface area contributed by atoms with Gasteiger partial charge in [-0.05, 0) is 43.0 Å². The molecule has 1 N–H and O–H groups in total. The maximum absolute atomic E-state index is 13.2. The van der Waals surface area contributed by atoms with Gasteiger partial charge in [-0.3, -0.25) is 19.7 Å². The number of rotatable bonds is 10. The summed E-state index contributed by atoms with van der Waals surface area (Å²) in [6.45, 7) is 1.97. The fraction of sp³-hybridized carbons (Fsp3) is 0.417. The van der Waals surface area contributed by atoms with Crippen molar-refractivity contribution in [2.75, 3.05) is 5.75 Å². The second-order valence-corrected chi connectivity index (χ2v) is 10.2. The molecule has 1 fully saturated rings. The predicted molar refractivity (Wildman–Crippen MR) is 136 cm³/mol. The molecular formula is C24H27Cl2N3O4S. The standard InChI is InChI=1S/C24H27Cl2N3O4S/c1-16(24(31)27-19-4-2-3-5-19)28(13-18-8-11-21(25)22(26)12-18)23(30)15-34-14-17-6-9-20(10-7-17)29(32)33/h6-12,16,19H,2-5,13-15H2,1H3,(H,27,31). The number of hydrogen-bond acceptors (Lipinski definition) is 5. The first-order valence-electron chi connectivity index (χ1n) is 11.1. The van der Waals surface area contributed by atoms with E-state index in [9.17, 15) is 19.7 Å². The highest BCUT2D eigenvalue weighted by molar-refractivity contribution is 7.99. The third-order valence-corrected chi connectivity index (χ3v) is 7.57. The third-order valence-electron chi connectivity index (χ3n) is 5.85. The highest BCUT2D eigenvalue weighted by Gasteiger charge is 2.28. The molecule has 0 bridgehead atoms. The van der Waals surface area contributed by atoms with Crippen molar-refractivity contribution in [3.63, 3.8) is 0 Å². The minimum atomic E-state index is -0.650. The van der Waals surface area contributed by atoms with Crippen molar-refractivity contribution in [3.8, 4) is 0 Å². The fourth-order valence-corrected chi connectivity index (χ4v) is 5.05. The van der Waals surface area contributed by atoms with Crippen LogP contribution in [-0.2, 0) is 21.9 Å². The van der Waals surface area contributed by atoms with Gasteiger partial charge in [0.15, 0.2) is 0 Å². The van der Waals surface area contributed by atoms with E-state index in [1.54, 1.807) is 42.2 Å². The van der Waals surface area contributed by atoms with Crippen LogP contribution in [0.5, 0.6) is 0 Å². The molecule has 34 heavy (non-hydrogen) atoms. The Hall–Kier alpha value is -2.29. The molecule has 1 atom stereocenters. The first-order valence-corrected chi connectivity index (χ1v) is 13.0. The Morgan fingerprint density at radius 3 is 2.38 bits per heavy atom. The number of nitrogens with one attached hydrogen (secondary N) is 1. The maximum atomic E-state index is 13.2. The van der Waals surface area contributed by atoms with Crippen LogP contribution in [-0.4, -0.2) is 39.5 Å². The van der Waals surface area contributed by atoms with Gasteiger partial charge in [0.25, 0.3) is 5.69 Å². The summed E-state index contributed by atoms with van der Waals surface area (Å²) in [7, 11) is 0. The van der Waals surface area contributed by atoms with E-state index < -0.39 is 11.0 Å². The van der Waals surface area contributed by atoms with Crippen molar-refractivity contribution < 1.29 is 14.5 Å². The summed E-state index contributed by atoms with van der Waals surface area (Å²) in [5.41, 5.74) is 1.69. The molecule has 1 aliphatic rings. The van der Waals surface area contributed by atoms with E-state index in [0.29, 0.717) is 15.8 Å². The van der Waals surface area contributed by atoms with Crippen LogP contribution in [0.15, 0.2) is 42.5 Å². The fourth-order valence-electron chi connectivity index (χ4n) is 3.86. The molecule has 182 valence electrons. The maximum Gasteiger partial charge on any atom is 0.269 e. The van der Waals surface area contributed by atoms with Gasteiger partial charge in [0.1, 0.15) is 6.04 Å². The third kappa shape index (κ3) is 7.35. The Morgan fingerprint density at radius 2 is 1.76 bits per heavy atom. The molecule has 0 radical (unpaired) electrons. The lowest BCUT2D eigenvalue weighted by atomic mass is 10.1. The number of carbonyl (C=O) groups excluding carboxylic acids is 2. The van der Waals surface area contributed by atoms with E-state index in [0.717, 1.165) is 36.8 Å². The Morgan fingerprint density at radius 1 is 1.12 bits per heavy atom. The molecule has 1 aliphatic carbocycles. The van der Waals surface area contributed by atoms with Gasteiger partial charge in [0.2, 0.25) is 11.8 Å². The lowest BCUT2D eigenvalue weighted by Gasteiger charge is -2.30. The van der Waals surface area contributed by atoms with Crippen molar-refractivity contribution in [1.29, 1.82) is 0 Å². The van der Waals surface area contributed by atoms with Crippen molar-refractivity contribution in [2.45, 2.75) is 57.0 Å². The lowest BCUT2D eigenvalue weighted by molar-refractivity contribution is -0.384. The number of benzene rings is 2. The van der Waals surface area contributed by atoms with Gasteiger partial charge in [-0.1, -0.05) is 54.2 Å². The smallest absolute Gasteiger partial charge is 0.269 e. The summed E-state index contributed by atoms with van der Waals surface area (Å²) in [5, 5.41) is 14.7. The zero-order valence-corrected chi connectivity index (χ0v) is 21.2. The molecule has 3 rings (SSSR count). The van der Waals surface area contributed by atoms with Gasteiger partial charge >= 0.3 is 0 Å². The normalized spacial score (nSPS) is 14.6. The van der Waals surface area contributed by atoms with E-state index in [2.05, 4.69) is 5.32 Å². The van der Waals surface area contributed by atoms with Gasteiger partial charge in [-0.25, -0.2) is 0 Å². The van der Waals surface area contributed by atoms with Crippen LogP contribution in [0.3, 0.4) is 0 Å². The molecule has 2 amide bonds. The molecule has 2 aromatic carbocycles. The molecule has 7 nitrogen and oxygen atoms in total. The minimum absolute atomic E-state index is 0.0275. The number of carbonyl (C=O) groups is 2. The van der Waals surface area contributed by atoms with Crippen molar-refractivity contribution in [2.24, 2.45) is 0 Å². The van der Waals surface area contributed by atoms with Gasteiger partial charge in [0.05, 0.1) is 20.7 Å². The van der Waals surface area contributed by atoms with Gasteiger partial charge in [0, 0.05) is 30.5 Å². The second-order valence-electron chi connectivity index (χ2n) is 8.35. The van der Waals surface area contributed by atoms with Gasteiger partial charge in [-0.15, -0.1) is 11.8 Å². The van der Waals surface area contributed by atoms with Crippen LogP contribution in [0.1, 0.15) is 43.7 Å². The summed E-state index contributed by atoms with van der Waals surface area (Å²) in [6, 6.07) is 10.9. The number of thioether (sulfide) groups is 1. The summed E-state index contributed by atoms with van der Waals surface area (Å²) in [4.78, 5) is 38.0. The van der Waals surface area contributed by atoms with Crippen LogP contribution in [0.2, 0.25) is 10.0 Å². The van der Waals surface area contributed by atoms with Gasteiger partial charge < -0.3 is 10.2 Å². The SMILES string of the molecule is CC(C(=O)NC1CCCC1)N(Cc1ccc(Cl)c(Cl)c1)C(=O)CSCc1ccc([N+](=O)[O-])cc1. The molecule has 10 heteroatoms. The van der Waals surface area contributed by atoms with Crippen LogP contribution >= 0.6 is 35.0 Å². The molecule has 1 saturated carbocycles. The molecular weight excluding hydrogens is 497 g/mol. The highest BCUT2D eigenvalue weighted by atomic mass is 35.5. The Kier molecular flexibility index (Phi) is 9.62. The number of nitrogens with zero attached hydrogens (tertiary/aromatic N) is 2. The number of amides is 2. The number of halogens is 2. The van der Waals surface area contributed by atoms with Crippen molar-refractivity contribution >= 4 is 52.5 Å². The number of nitro groups is 1. The van der Waals surface area contributed by atoms with E-state index >= 15 is 0 Å². The van der Waals surface area contributed by atoms with Crippen molar-refractivity contribution in [3.05, 3.63) is 73.8 Å². The lowest BCUT2D eigenvalue weighted by Crippen LogP contribution is -2.50. The van der Waals surface area contributed by atoms with Gasteiger partial charge in [-0.2, -0.15) is 0 Å². The molecule has 0 aromatic heterocycles. The summed E-state index contributed by atoms with van der Waals surface area (Å²) >= 11 is 13.6. The molecule has 0 aliphatic heterocycles. The van der Waals surface area contributed by atoms with E-state index in [1.165, 1.54) is 23.9 Å². The average Bonchev–Trinajstić information content (AvgIpc) is 3.32. The first-order chi connectivity index (χ1) is 16.2. The van der Waals surface area contributed by atoms with Crippen LogP contribution in [0, 0.1) is 10.1 Å². The largest absolute Gasteiger partial charge is 0.352 e. The number of non-ortho nitro benzene ring substituents is 1. The quantitative estimate of drug-likeness (QED) is 0.322. The van der Waals surface area contributed by atoms with E-state index in [1.807, 2.05) is 0 Å². The summed E-state index contributed by atoms with van der Waals surface area (Å²) in [6.07, 6.45) is 4.13. The molecule has 0 saturated heterocycles. The minimum Gasteiger partial charge on any atom is -0.352 e. The first kappa shape index (κ1) is 26.3. The van der Waals surface area contributed by atoms with Crippen molar-refractivity contribution in [1.82, 2.24) is 10.2 Å². The zero-order chi connectivity index (χ0) is 24.7. The van der Waals surface area contributed by atoms with E-state index in [4.69, 9.17) is 23.2 Å². The molecule has 2 aromatic rings. The highest BCUT2D eigenvalue weighted by Crippen LogP contribution is 2.25. The Bertz CT molecular complexity index is 1030. The topological polar surface area (TPSA) is 92.6 Å². The Balaban J connectivity index is 1.66. The molecule has 0 heterocycles. The van der Waals surface area contributed by atoms with E-state index in [-0.39, 0.29) is 35.8 Å². The second kappa shape index (κ2) is 12.4. The average molecular weight is 524 g/mol. The Labute approximate surface area is 213 Å². The summed E-state index contributed by atoms with van der Waals surface area (Å²) in [5.74, 6) is 0.347. The van der Waals surface area contributed by atoms with Crippen LogP contribution < -0.4 is 5.32 Å². The molecule has 1 unspecified atom stereocenters. The monoisotopic (exact) mass is 523 g/mol. The number of nitro benzene ring substituents is 1. The van der Waals surface area contributed by atoms with Crippen LogP contribution in [0.4, 0.5) is 5.69 Å². The zero-order valence-electron chi connectivity index (χ0n) is 18.8. The molecule has 0 spiro atoms. The summed E-state index contributed by atoms with van der Waals surface area (Å²) < 4.78 is 0. The number of hydrogen-bond donors (Lipinski definition) is 1.